The van der Waals surface area contributed by atoms with E-state index in [2.05, 4.69) is 14.9 Å². The monoisotopic (exact) mass is 309 g/mol. The van der Waals surface area contributed by atoms with Crippen LogP contribution in [0, 0.1) is 0 Å². The van der Waals surface area contributed by atoms with Crippen molar-refractivity contribution >= 4 is 17.4 Å². The van der Waals surface area contributed by atoms with Crippen molar-refractivity contribution in [1.29, 1.82) is 0 Å². The topological polar surface area (TPSA) is 88.2 Å². The van der Waals surface area contributed by atoms with Gasteiger partial charge in [-0.25, -0.2) is 0 Å². The van der Waals surface area contributed by atoms with E-state index in [1.165, 1.54) is 0 Å². The Hall–Kier alpha value is -1.73. The Bertz CT molecular complexity index is 578. The summed E-state index contributed by atoms with van der Waals surface area (Å²) < 4.78 is 9.03. The molecule has 0 aliphatic rings. The first-order valence-electron chi connectivity index (χ1n) is 6.86. The fraction of sp³-hybridized carbons (Fsp3) is 0.500. The van der Waals surface area contributed by atoms with Gasteiger partial charge in [0.2, 0.25) is 0 Å². The Labute approximate surface area is 127 Å². The molecule has 1 unspecified atom stereocenters. The van der Waals surface area contributed by atoms with Crippen LogP contribution in [0.15, 0.2) is 22.8 Å². The van der Waals surface area contributed by atoms with E-state index in [-0.39, 0.29) is 12.5 Å². The maximum Gasteiger partial charge on any atom is 0.265 e. The SMILES string of the molecule is CCCc1nnsc1C(=O)NCC(C)(O)Cc1ccco1. The summed E-state index contributed by atoms with van der Waals surface area (Å²) in [4.78, 5) is 12.7. The lowest BCUT2D eigenvalue weighted by Gasteiger charge is -2.22. The maximum absolute atomic E-state index is 12.1. The number of aryl methyl sites for hydroxylation is 1. The largest absolute Gasteiger partial charge is 0.469 e. The van der Waals surface area contributed by atoms with Crippen molar-refractivity contribution in [3.63, 3.8) is 0 Å². The van der Waals surface area contributed by atoms with Crippen LogP contribution in [-0.4, -0.2) is 32.7 Å². The zero-order valence-electron chi connectivity index (χ0n) is 12.1. The molecular formula is C14H19N3O3S. The van der Waals surface area contributed by atoms with Gasteiger partial charge in [-0.05, 0) is 37.0 Å². The Morgan fingerprint density at radius 2 is 2.38 bits per heavy atom. The van der Waals surface area contributed by atoms with Gasteiger partial charge in [-0.2, -0.15) is 0 Å². The molecule has 0 aliphatic carbocycles. The first-order valence-corrected chi connectivity index (χ1v) is 7.63. The lowest BCUT2D eigenvalue weighted by molar-refractivity contribution is 0.0511. The predicted molar refractivity (Wildman–Crippen MR) is 79.3 cm³/mol. The van der Waals surface area contributed by atoms with Crippen LogP contribution < -0.4 is 5.32 Å². The molecule has 21 heavy (non-hydrogen) atoms. The van der Waals surface area contributed by atoms with Crippen molar-refractivity contribution in [2.24, 2.45) is 0 Å². The van der Waals surface area contributed by atoms with E-state index in [4.69, 9.17) is 4.42 Å². The van der Waals surface area contributed by atoms with Crippen LogP contribution in [0.2, 0.25) is 0 Å². The third-order valence-corrected chi connectivity index (χ3v) is 3.78. The van der Waals surface area contributed by atoms with Gasteiger partial charge in [0, 0.05) is 13.0 Å². The quantitative estimate of drug-likeness (QED) is 0.814. The van der Waals surface area contributed by atoms with Gasteiger partial charge in [-0.15, -0.1) is 5.10 Å². The smallest absolute Gasteiger partial charge is 0.265 e. The van der Waals surface area contributed by atoms with E-state index >= 15 is 0 Å². The average molecular weight is 309 g/mol. The molecule has 1 atom stereocenters. The fourth-order valence-corrected chi connectivity index (χ4v) is 2.61. The van der Waals surface area contributed by atoms with E-state index in [9.17, 15) is 9.90 Å². The van der Waals surface area contributed by atoms with Crippen LogP contribution in [0.4, 0.5) is 0 Å². The van der Waals surface area contributed by atoms with E-state index in [0.717, 1.165) is 24.4 Å². The summed E-state index contributed by atoms with van der Waals surface area (Å²) in [6.07, 6.45) is 3.52. The molecule has 7 heteroatoms. The molecule has 114 valence electrons. The summed E-state index contributed by atoms with van der Waals surface area (Å²) in [5, 5.41) is 17.0. The van der Waals surface area contributed by atoms with Crippen molar-refractivity contribution in [1.82, 2.24) is 14.9 Å². The minimum atomic E-state index is -1.07. The van der Waals surface area contributed by atoms with Gasteiger partial charge in [0.1, 0.15) is 10.6 Å². The van der Waals surface area contributed by atoms with Crippen LogP contribution in [0.25, 0.3) is 0 Å². The van der Waals surface area contributed by atoms with Gasteiger partial charge in [0.25, 0.3) is 5.91 Å². The third kappa shape index (κ3) is 4.37. The number of aliphatic hydroxyl groups is 1. The van der Waals surface area contributed by atoms with Crippen molar-refractivity contribution in [2.75, 3.05) is 6.54 Å². The van der Waals surface area contributed by atoms with Crippen molar-refractivity contribution in [3.05, 3.63) is 34.7 Å². The second-order valence-electron chi connectivity index (χ2n) is 5.23. The number of nitrogens with one attached hydrogen (secondary N) is 1. The summed E-state index contributed by atoms with van der Waals surface area (Å²) in [5.74, 6) is 0.438. The number of nitrogens with zero attached hydrogens (tertiary/aromatic N) is 2. The first kappa shape index (κ1) is 15.7. The highest BCUT2D eigenvalue weighted by molar-refractivity contribution is 7.08. The van der Waals surface area contributed by atoms with E-state index in [0.29, 0.717) is 22.8 Å². The summed E-state index contributed by atoms with van der Waals surface area (Å²) in [6.45, 7) is 3.82. The number of amides is 1. The zero-order chi connectivity index (χ0) is 15.3. The summed E-state index contributed by atoms with van der Waals surface area (Å²) in [7, 11) is 0. The molecule has 0 aromatic carbocycles. The van der Waals surface area contributed by atoms with Gasteiger partial charge in [-0.3, -0.25) is 4.79 Å². The molecule has 2 aromatic rings. The molecule has 0 fully saturated rings. The van der Waals surface area contributed by atoms with Crippen LogP contribution in [0.3, 0.4) is 0 Å². The highest BCUT2D eigenvalue weighted by Gasteiger charge is 2.25. The van der Waals surface area contributed by atoms with Gasteiger partial charge >= 0.3 is 0 Å². The number of carbonyl (C=O) groups is 1. The number of hydrogen-bond acceptors (Lipinski definition) is 6. The summed E-state index contributed by atoms with van der Waals surface area (Å²) >= 11 is 1.08. The number of rotatable bonds is 7. The second-order valence-corrected chi connectivity index (χ2v) is 5.99. The van der Waals surface area contributed by atoms with Crippen molar-refractivity contribution in [2.45, 2.75) is 38.7 Å². The van der Waals surface area contributed by atoms with Crippen LogP contribution in [0.5, 0.6) is 0 Å². The van der Waals surface area contributed by atoms with Crippen molar-refractivity contribution < 1.29 is 14.3 Å². The average Bonchev–Trinajstić information content (AvgIpc) is 3.08. The van der Waals surface area contributed by atoms with Crippen LogP contribution in [-0.2, 0) is 12.8 Å². The highest BCUT2D eigenvalue weighted by Crippen LogP contribution is 2.15. The Kier molecular flexibility index (Phi) is 5.08. The number of furan rings is 1. The first-order chi connectivity index (χ1) is 10.0. The van der Waals surface area contributed by atoms with E-state index < -0.39 is 5.60 Å². The summed E-state index contributed by atoms with van der Waals surface area (Å²) in [5.41, 5.74) is -0.359. The molecule has 0 radical (unpaired) electrons. The van der Waals surface area contributed by atoms with Gasteiger partial charge in [0.05, 0.1) is 17.6 Å². The number of hydrogen-bond donors (Lipinski definition) is 2. The van der Waals surface area contributed by atoms with Gasteiger partial charge < -0.3 is 14.8 Å². The number of carbonyl (C=O) groups excluding carboxylic acids is 1. The molecule has 0 aliphatic heterocycles. The normalized spacial score (nSPS) is 13.9. The Balaban J connectivity index is 1.92. The van der Waals surface area contributed by atoms with Crippen LogP contribution in [0.1, 0.15) is 41.4 Å². The molecule has 0 saturated carbocycles. The lowest BCUT2D eigenvalue weighted by atomic mass is 10.0. The maximum atomic E-state index is 12.1. The molecule has 1 amide bonds. The fourth-order valence-electron chi connectivity index (χ4n) is 1.98. The Morgan fingerprint density at radius 3 is 3.05 bits per heavy atom. The second kappa shape index (κ2) is 6.82. The van der Waals surface area contributed by atoms with Gasteiger partial charge in [0.15, 0.2) is 0 Å². The Morgan fingerprint density at radius 1 is 1.57 bits per heavy atom. The summed E-state index contributed by atoms with van der Waals surface area (Å²) in [6, 6.07) is 3.56. The molecule has 2 rings (SSSR count). The molecule has 6 nitrogen and oxygen atoms in total. The standard InChI is InChI=1S/C14H19N3O3S/c1-3-5-11-12(21-17-16-11)13(18)15-9-14(2,19)8-10-6-4-7-20-10/h4,6-7,19H,3,5,8-9H2,1-2H3,(H,15,18). The minimum Gasteiger partial charge on any atom is -0.469 e. The van der Waals surface area contributed by atoms with Crippen molar-refractivity contribution in [3.8, 4) is 0 Å². The third-order valence-electron chi connectivity index (χ3n) is 3.01. The molecular weight excluding hydrogens is 290 g/mol. The molecule has 0 spiro atoms. The molecule has 0 saturated heterocycles. The van der Waals surface area contributed by atoms with Crippen LogP contribution >= 0.6 is 11.5 Å². The zero-order valence-corrected chi connectivity index (χ0v) is 12.9. The lowest BCUT2D eigenvalue weighted by Crippen LogP contribution is -2.42. The molecule has 2 N–H and O–H groups in total. The van der Waals surface area contributed by atoms with E-state index in [1.54, 1.807) is 25.3 Å². The molecule has 2 heterocycles. The number of aromatic nitrogens is 2. The molecule has 2 aromatic heterocycles. The van der Waals surface area contributed by atoms with Gasteiger partial charge in [-0.1, -0.05) is 17.8 Å². The highest BCUT2D eigenvalue weighted by atomic mass is 32.1. The molecule has 0 bridgehead atoms. The minimum absolute atomic E-state index is 0.135. The predicted octanol–water partition coefficient (Wildman–Crippen LogP) is 1.81. The van der Waals surface area contributed by atoms with E-state index in [1.807, 2.05) is 6.92 Å².